The Balaban J connectivity index is 1.65. The van der Waals surface area contributed by atoms with Crippen LogP contribution in [-0.4, -0.2) is 33.4 Å². The fraction of sp³-hybridized carbons (Fsp3) is 0.556. The van der Waals surface area contributed by atoms with Crippen LogP contribution >= 0.6 is 0 Å². The number of ether oxygens (including phenoxy) is 1. The number of imide groups is 1. The largest absolute Gasteiger partial charge is 0.495 e. The van der Waals surface area contributed by atoms with Crippen molar-refractivity contribution in [1.29, 1.82) is 0 Å². The van der Waals surface area contributed by atoms with Crippen molar-refractivity contribution in [3.8, 4) is 5.75 Å². The number of rotatable bonds is 5. The molecule has 1 aromatic carbocycles. The molecule has 2 aliphatic carbocycles. The number of sulfonamides is 1. The molecule has 7 nitrogen and oxygen atoms in total. The van der Waals surface area contributed by atoms with Crippen LogP contribution in [0.5, 0.6) is 5.75 Å². The van der Waals surface area contributed by atoms with E-state index in [1.54, 1.807) is 0 Å². The number of benzene rings is 1. The lowest BCUT2D eigenvalue weighted by Gasteiger charge is -2.23. The Morgan fingerprint density at radius 1 is 1.12 bits per heavy atom. The minimum Gasteiger partial charge on any atom is -0.495 e. The van der Waals surface area contributed by atoms with Gasteiger partial charge in [-0.05, 0) is 49.3 Å². The molecule has 140 valence electrons. The van der Waals surface area contributed by atoms with Crippen LogP contribution in [0.15, 0.2) is 23.1 Å². The highest BCUT2D eigenvalue weighted by Gasteiger charge is 2.41. The van der Waals surface area contributed by atoms with Gasteiger partial charge in [-0.2, -0.15) is 0 Å². The third-order valence-corrected chi connectivity index (χ3v) is 7.29. The van der Waals surface area contributed by atoms with Crippen molar-refractivity contribution >= 4 is 27.5 Å². The van der Waals surface area contributed by atoms with E-state index in [-0.39, 0.29) is 41.3 Å². The van der Waals surface area contributed by atoms with Crippen molar-refractivity contribution in [2.24, 2.45) is 11.8 Å². The van der Waals surface area contributed by atoms with Gasteiger partial charge >= 0.3 is 0 Å². The second-order valence-electron chi connectivity index (χ2n) is 7.36. The number of fused-ring (bicyclic) bond motifs is 2. The molecule has 4 rings (SSSR count). The van der Waals surface area contributed by atoms with Gasteiger partial charge in [0.1, 0.15) is 5.75 Å². The Kier molecular flexibility index (Phi) is 4.27. The maximum absolute atomic E-state index is 12.9. The van der Waals surface area contributed by atoms with Crippen LogP contribution in [0, 0.1) is 11.8 Å². The summed E-state index contributed by atoms with van der Waals surface area (Å²) in [6, 6.07) is 4.27. The summed E-state index contributed by atoms with van der Waals surface area (Å²) in [5, 5.41) is 0. The molecule has 3 atom stereocenters. The number of carbonyl (C=O) groups excluding carboxylic acids is 2. The summed E-state index contributed by atoms with van der Waals surface area (Å²) in [6.45, 7) is 0. The first-order valence-electron chi connectivity index (χ1n) is 8.95. The number of anilines is 1. The molecule has 1 heterocycles. The van der Waals surface area contributed by atoms with Crippen molar-refractivity contribution < 1.29 is 22.7 Å². The highest BCUT2D eigenvalue weighted by Crippen LogP contribution is 2.45. The van der Waals surface area contributed by atoms with E-state index in [1.165, 1.54) is 31.7 Å². The minimum absolute atomic E-state index is 0.0284. The molecule has 0 aromatic heterocycles. The lowest BCUT2D eigenvalue weighted by Crippen LogP contribution is -2.38. The third-order valence-electron chi connectivity index (χ3n) is 5.80. The van der Waals surface area contributed by atoms with Gasteiger partial charge in [-0.3, -0.25) is 9.59 Å². The summed E-state index contributed by atoms with van der Waals surface area (Å²) in [7, 11) is -2.31. The van der Waals surface area contributed by atoms with Gasteiger partial charge in [-0.25, -0.2) is 18.0 Å². The molecule has 26 heavy (non-hydrogen) atoms. The number of carbonyl (C=O) groups is 2. The van der Waals surface area contributed by atoms with Crippen molar-refractivity contribution in [1.82, 2.24) is 4.72 Å². The summed E-state index contributed by atoms with van der Waals surface area (Å²) < 4.78 is 33.8. The molecule has 0 radical (unpaired) electrons. The first-order chi connectivity index (χ1) is 12.4. The molecule has 1 aromatic rings. The van der Waals surface area contributed by atoms with Crippen molar-refractivity contribution in [2.75, 3.05) is 12.0 Å². The topological polar surface area (TPSA) is 92.8 Å². The Bertz CT molecular complexity index is 850. The monoisotopic (exact) mass is 378 g/mol. The Morgan fingerprint density at radius 2 is 1.85 bits per heavy atom. The normalized spacial score (nSPS) is 28.2. The molecule has 3 aliphatic rings. The molecule has 1 N–H and O–H groups in total. The maximum atomic E-state index is 12.9. The van der Waals surface area contributed by atoms with Crippen LogP contribution in [0.2, 0.25) is 0 Å². The molecular formula is C18H22N2O5S. The summed E-state index contributed by atoms with van der Waals surface area (Å²) in [5.41, 5.74) is 0.191. The van der Waals surface area contributed by atoms with Gasteiger partial charge in [0.15, 0.2) is 0 Å². The van der Waals surface area contributed by atoms with Gasteiger partial charge < -0.3 is 4.74 Å². The van der Waals surface area contributed by atoms with E-state index >= 15 is 0 Å². The fourth-order valence-corrected chi connectivity index (χ4v) is 5.85. The number of nitrogens with one attached hydrogen (secondary N) is 1. The zero-order valence-electron chi connectivity index (χ0n) is 14.6. The first-order valence-corrected chi connectivity index (χ1v) is 10.4. The van der Waals surface area contributed by atoms with Gasteiger partial charge in [0.25, 0.3) is 0 Å². The highest BCUT2D eigenvalue weighted by molar-refractivity contribution is 7.89. The lowest BCUT2D eigenvalue weighted by atomic mass is 9.96. The number of hydrogen-bond acceptors (Lipinski definition) is 5. The molecule has 2 bridgehead atoms. The standard InChI is InChI=1S/C18H22N2O5S/c1-25-16-5-4-13(10-15(16)20-17(21)6-7-18(20)22)26(23,24)19-14-9-11-2-3-12(14)8-11/h4-5,10-12,14,19H,2-3,6-9H2,1H3/t11-,12+,14-/m0/s1. The van der Waals surface area contributed by atoms with Crippen LogP contribution in [0.25, 0.3) is 0 Å². The SMILES string of the molecule is COc1ccc(S(=O)(=O)N[C@H]2C[C@H]3CC[C@@H]2C3)cc1N1C(=O)CCC1=O. The lowest BCUT2D eigenvalue weighted by molar-refractivity contribution is -0.121. The summed E-state index contributed by atoms with van der Waals surface area (Å²) >= 11 is 0. The van der Waals surface area contributed by atoms with Crippen molar-refractivity contribution in [2.45, 2.75) is 49.5 Å². The summed E-state index contributed by atoms with van der Waals surface area (Å²) in [4.78, 5) is 25.2. The molecule has 2 amide bonds. The molecule has 1 saturated heterocycles. The Hall–Kier alpha value is -1.93. The second kappa shape index (κ2) is 6.35. The van der Waals surface area contributed by atoms with Gasteiger partial charge in [-0.15, -0.1) is 0 Å². The van der Waals surface area contributed by atoms with Gasteiger partial charge in [-0.1, -0.05) is 6.42 Å². The zero-order chi connectivity index (χ0) is 18.5. The number of hydrogen-bond donors (Lipinski definition) is 1. The molecule has 8 heteroatoms. The van der Waals surface area contributed by atoms with E-state index in [1.807, 2.05) is 0 Å². The smallest absolute Gasteiger partial charge is 0.240 e. The van der Waals surface area contributed by atoms with E-state index < -0.39 is 10.0 Å². The van der Waals surface area contributed by atoms with E-state index in [0.29, 0.717) is 17.6 Å². The fourth-order valence-electron chi connectivity index (χ4n) is 4.51. The van der Waals surface area contributed by atoms with Crippen LogP contribution in [0.3, 0.4) is 0 Å². The Morgan fingerprint density at radius 3 is 2.42 bits per heavy atom. The maximum Gasteiger partial charge on any atom is 0.240 e. The van der Waals surface area contributed by atoms with Crippen LogP contribution in [-0.2, 0) is 19.6 Å². The number of nitrogens with zero attached hydrogens (tertiary/aromatic N) is 1. The molecular weight excluding hydrogens is 356 g/mol. The van der Waals surface area contributed by atoms with E-state index in [2.05, 4.69) is 4.72 Å². The van der Waals surface area contributed by atoms with Crippen LogP contribution in [0.4, 0.5) is 5.69 Å². The highest BCUT2D eigenvalue weighted by atomic mass is 32.2. The van der Waals surface area contributed by atoms with Gasteiger partial charge in [0.05, 0.1) is 17.7 Å². The molecule has 1 aliphatic heterocycles. The first kappa shape index (κ1) is 17.5. The average Bonchev–Trinajstić information content (AvgIpc) is 3.30. The quantitative estimate of drug-likeness (QED) is 0.789. The van der Waals surface area contributed by atoms with Crippen LogP contribution < -0.4 is 14.4 Å². The second-order valence-corrected chi connectivity index (χ2v) is 9.07. The van der Waals surface area contributed by atoms with E-state index in [4.69, 9.17) is 4.74 Å². The minimum atomic E-state index is -3.73. The Labute approximate surface area is 152 Å². The van der Waals surface area contributed by atoms with Gasteiger partial charge in [0, 0.05) is 18.9 Å². The number of amides is 2. The zero-order valence-corrected chi connectivity index (χ0v) is 15.4. The van der Waals surface area contributed by atoms with Crippen molar-refractivity contribution in [3.63, 3.8) is 0 Å². The summed E-state index contributed by atoms with van der Waals surface area (Å²) in [5.74, 6) is 0.647. The average molecular weight is 378 g/mol. The van der Waals surface area contributed by atoms with E-state index in [0.717, 1.165) is 24.2 Å². The van der Waals surface area contributed by atoms with E-state index in [9.17, 15) is 18.0 Å². The summed E-state index contributed by atoms with van der Waals surface area (Å²) in [6.07, 6.45) is 4.50. The molecule has 2 saturated carbocycles. The molecule has 0 spiro atoms. The predicted molar refractivity (Wildman–Crippen MR) is 94.3 cm³/mol. The predicted octanol–water partition coefficient (Wildman–Crippen LogP) is 1.82. The molecule has 0 unspecified atom stereocenters. The number of methoxy groups -OCH3 is 1. The molecule has 3 fully saturated rings. The van der Waals surface area contributed by atoms with Crippen molar-refractivity contribution in [3.05, 3.63) is 18.2 Å². The van der Waals surface area contributed by atoms with Gasteiger partial charge in [0.2, 0.25) is 21.8 Å². The third kappa shape index (κ3) is 2.91. The van der Waals surface area contributed by atoms with Crippen LogP contribution in [0.1, 0.15) is 38.5 Å².